The van der Waals surface area contributed by atoms with Crippen LogP contribution in [-0.2, 0) is 0 Å². The minimum atomic E-state index is 0.526. The van der Waals surface area contributed by atoms with Crippen molar-refractivity contribution < 1.29 is 4.84 Å². The summed E-state index contributed by atoms with van der Waals surface area (Å²) in [6.07, 6.45) is 2.91. The summed E-state index contributed by atoms with van der Waals surface area (Å²) in [4.78, 5) is 9.37. The molecule has 1 atom stereocenters. The smallest absolute Gasteiger partial charge is 0.265 e. The largest absolute Gasteiger partial charge is 0.366 e. The summed E-state index contributed by atoms with van der Waals surface area (Å²) >= 11 is 0. The molecule has 1 aromatic heterocycles. The van der Waals surface area contributed by atoms with Crippen LogP contribution in [0.4, 0.5) is 5.69 Å². The Morgan fingerprint density at radius 2 is 2.43 bits per heavy atom. The van der Waals surface area contributed by atoms with E-state index < -0.39 is 0 Å². The minimum Gasteiger partial charge on any atom is -0.366 e. The van der Waals surface area contributed by atoms with Gasteiger partial charge in [-0.2, -0.15) is 0 Å². The van der Waals surface area contributed by atoms with Crippen LogP contribution in [0.5, 0.6) is 5.88 Å². The van der Waals surface area contributed by atoms with Gasteiger partial charge in [0.05, 0.1) is 0 Å². The summed E-state index contributed by atoms with van der Waals surface area (Å²) in [5.41, 5.74) is 5.11. The number of rotatable bonds is 2. The predicted octanol–water partition coefficient (Wildman–Crippen LogP) is 1.84. The van der Waals surface area contributed by atoms with E-state index in [2.05, 4.69) is 30.5 Å². The van der Waals surface area contributed by atoms with Gasteiger partial charge in [-0.05, 0) is 24.0 Å². The molecule has 1 unspecified atom stereocenters. The highest BCUT2D eigenvalue weighted by atomic mass is 16.7. The average Bonchev–Trinajstić information content (AvgIpc) is 2.59. The summed E-state index contributed by atoms with van der Waals surface area (Å²) in [6.45, 7) is 4.39. The van der Waals surface area contributed by atoms with Crippen molar-refractivity contribution in [3.8, 4) is 5.88 Å². The van der Waals surface area contributed by atoms with E-state index in [0.717, 1.165) is 12.1 Å². The van der Waals surface area contributed by atoms with E-state index in [9.17, 15) is 0 Å². The fraction of sp³-hybridized carbons (Fsp3) is 0.500. The molecule has 4 nitrogen and oxygen atoms in total. The third-order valence-electron chi connectivity index (χ3n) is 2.68. The second-order valence-corrected chi connectivity index (χ2v) is 3.62. The molecule has 0 saturated carbocycles. The number of aromatic nitrogens is 1. The van der Waals surface area contributed by atoms with E-state index in [1.165, 1.54) is 5.56 Å². The second kappa shape index (κ2) is 3.46. The Kier molecular flexibility index (Phi) is 2.29. The summed E-state index contributed by atoms with van der Waals surface area (Å²) in [5, 5.41) is 1.86. The Balaban J connectivity index is 2.46. The van der Waals surface area contributed by atoms with Gasteiger partial charge in [0.2, 0.25) is 0 Å². The molecule has 0 radical (unpaired) electrons. The van der Waals surface area contributed by atoms with Gasteiger partial charge in [0.15, 0.2) is 0 Å². The van der Waals surface area contributed by atoms with E-state index in [4.69, 9.17) is 4.84 Å². The molecule has 2 heterocycles. The Morgan fingerprint density at radius 1 is 1.64 bits per heavy atom. The van der Waals surface area contributed by atoms with Crippen molar-refractivity contribution in [2.75, 3.05) is 12.1 Å². The maximum absolute atomic E-state index is 5.21. The average molecular weight is 193 g/mol. The summed E-state index contributed by atoms with van der Waals surface area (Å²) in [5.74, 6) is 1.20. The fourth-order valence-electron chi connectivity index (χ4n) is 1.64. The molecule has 1 aromatic rings. The number of hydrazine groups is 1. The standard InChI is InChI=1S/C10H15N3O/c1-4-7(2)8-5-6-11-10-9(8)13(3)12-14-10/h5-7,12H,4H2,1-3H3. The zero-order valence-corrected chi connectivity index (χ0v) is 8.74. The first-order valence-corrected chi connectivity index (χ1v) is 4.89. The van der Waals surface area contributed by atoms with Crippen molar-refractivity contribution in [2.45, 2.75) is 26.2 Å². The molecule has 76 valence electrons. The number of fused-ring (bicyclic) bond motifs is 1. The number of pyridine rings is 1. The first-order valence-electron chi connectivity index (χ1n) is 4.89. The zero-order chi connectivity index (χ0) is 10.1. The third kappa shape index (κ3) is 1.32. The topological polar surface area (TPSA) is 37.4 Å². The predicted molar refractivity (Wildman–Crippen MR) is 55.1 cm³/mol. The van der Waals surface area contributed by atoms with Crippen molar-refractivity contribution in [1.82, 2.24) is 10.6 Å². The van der Waals surface area contributed by atoms with E-state index in [1.54, 1.807) is 6.20 Å². The van der Waals surface area contributed by atoms with Gasteiger partial charge in [-0.15, -0.1) is 0 Å². The highest BCUT2D eigenvalue weighted by Crippen LogP contribution is 2.36. The second-order valence-electron chi connectivity index (χ2n) is 3.62. The maximum Gasteiger partial charge on any atom is 0.265 e. The van der Waals surface area contributed by atoms with Gasteiger partial charge in [0.1, 0.15) is 5.69 Å². The highest BCUT2D eigenvalue weighted by Gasteiger charge is 2.24. The van der Waals surface area contributed by atoms with Crippen LogP contribution < -0.4 is 15.4 Å². The molecule has 4 heteroatoms. The highest BCUT2D eigenvalue weighted by molar-refractivity contribution is 5.62. The molecule has 0 fully saturated rings. The monoisotopic (exact) mass is 193 g/mol. The summed E-state index contributed by atoms with van der Waals surface area (Å²) in [6, 6.07) is 2.06. The van der Waals surface area contributed by atoms with Crippen LogP contribution in [0.15, 0.2) is 12.3 Å². The van der Waals surface area contributed by atoms with Crippen LogP contribution in [0.2, 0.25) is 0 Å². The SMILES string of the molecule is CCC(C)c1ccnc2c1N(C)NO2. The normalized spacial score (nSPS) is 16.4. The Bertz CT molecular complexity index is 340. The maximum atomic E-state index is 5.21. The van der Waals surface area contributed by atoms with Crippen molar-refractivity contribution in [2.24, 2.45) is 0 Å². The van der Waals surface area contributed by atoms with E-state index in [-0.39, 0.29) is 0 Å². The van der Waals surface area contributed by atoms with E-state index in [1.807, 2.05) is 12.1 Å². The van der Waals surface area contributed by atoms with Crippen LogP contribution in [0.25, 0.3) is 0 Å². The lowest BCUT2D eigenvalue weighted by Crippen LogP contribution is -2.30. The molecule has 1 N–H and O–H groups in total. The number of nitrogens with zero attached hydrogens (tertiary/aromatic N) is 2. The lowest BCUT2D eigenvalue weighted by atomic mass is 9.98. The lowest BCUT2D eigenvalue weighted by molar-refractivity contribution is 0.213. The van der Waals surface area contributed by atoms with Gasteiger partial charge in [-0.25, -0.2) is 4.98 Å². The Hall–Kier alpha value is -1.29. The van der Waals surface area contributed by atoms with Crippen LogP contribution in [0, 0.1) is 0 Å². The van der Waals surface area contributed by atoms with Gasteiger partial charge in [-0.1, -0.05) is 19.4 Å². The minimum absolute atomic E-state index is 0.526. The van der Waals surface area contributed by atoms with Gasteiger partial charge in [0, 0.05) is 13.2 Å². The number of hydrogen-bond acceptors (Lipinski definition) is 4. The molecular weight excluding hydrogens is 178 g/mol. The fourth-order valence-corrected chi connectivity index (χ4v) is 1.64. The van der Waals surface area contributed by atoms with Crippen molar-refractivity contribution in [3.63, 3.8) is 0 Å². The molecule has 1 aliphatic rings. The Morgan fingerprint density at radius 3 is 3.14 bits per heavy atom. The summed E-state index contributed by atoms with van der Waals surface area (Å²) < 4.78 is 0. The van der Waals surface area contributed by atoms with Gasteiger partial charge >= 0.3 is 0 Å². The van der Waals surface area contributed by atoms with Crippen LogP contribution in [-0.4, -0.2) is 12.0 Å². The van der Waals surface area contributed by atoms with Gasteiger partial charge in [-0.3, -0.25) is 5.01 Å². The zero-order valence-electron chi connectivity index (χ0n) is 8.74. The number of hydrogen-bond donors (Lipinski definition) is 1. The first-order chi connectivity index (χ1) is 6.74. The van der Waals surface area contributed by atoms with Gasteiger partial charge in [0.25, 0.3) is 5.88 Å². The molecule has 0 aromatic carbocycles. The molecule has 0 saturated heterocycles. The van der Waals surface area contributed by atoms with Crippen LogP contribution >= 0.6 is 0 Å². The van der Waals surface area contributed by atoms with E-state index >= 15 is 0 Å². The third-order valence-corrected chi connectivity index (χ3v) is 2.68. The first kappa shape index (κ1) is 9.27. The molecule has 0 spiro atoms. The summed E-state index contributed by atoms with van der Waals surface area (Å²) in [7, 11) is 1.93. The molecule has 0 bridgehead atoms. The van der Waals surface area contributed by atoms with Crippen molar-refractivity contribution >= 4 is 5.69 Å². The molecular formula is C10H15N3O. The molecule has 0 amide bonds. The lowest BCUT2D eigenvalue weighted by Gasteiger charge is -2.16. The van der Waals surface area contributed by atoms with Crippen LogP contribution in [0.1, 0.15) is 31.7 Å². The Labute approximate surface area is 83.8 Å². The quantitative estimate of drug-likeness (QED) is 0.777. The number of nitrogens with one attached hydrogen (secondary N) is 1. The molecule has 0 aliphatic carbocycles. The van der Waals surface area contributed by atoms with Crippen molar-refractivity contribution in [3.05, 3.63) is 17.8 Å². The number of anilines is 1. The van der Waals surface area contributed by atoms with Crippen LogP contribution in [0.3, 0.4) is 0 Å². The van der Waals surface area contributed by atoms with Crippen molar-refractivity contribution in [1.29, 1.82) is 0 Å². The molecule has 1 aliphatic heterocycles. The molecule has 14 heavy (non-hydrogen) atoms. The molecule has 2 rings (SSSR count). The van der Waals surface area contributed by atoms with E-state index in [0.29, 0.717) is 11.8 Å². The van der Waals surface area contributed by atoms with Gasteiger partial charge < -0.3 is 4.84 Å².